The fourth-order valence-corrected chi connectivity index (χ4v) is 3.66. The molecule has 1 aromatic heterocycles. The summed E-state index contributed by atoms with van der Waals surface area (Å²) in [6.45, 7) is 4.55. The number of hydrogen-bond donors (Lipinski definition) is 1. The van der Waals surface area contributed by atoms with Crippen LogP contribution in [-0.2, 0) is 6.54 Å². The summed E-state index contributed by atoms with van der Waals surface area (Å²) in [5.41, 5.74) is 4.48. The van der Waals surface area contributed by atoms with Gasteiger partial charge in [0, 0.05) is 17.9 Å². The number of carbonyl (C=O) groups is 1. The minimum Gasteiger partial charge on any atom is -0.336 e. The van der Waals surface area contributed by atoms with Crippen molar-refractivity contribution in [3.05, 3.63) is 89.7 Å². The molecule has 0 aliphatic carbocycles. The Labute approximate surface area is 154 Å². The molecule has 2 aromatic carbocycles. The van der Waals surface area contributed by atoms with Gasteiger partial charge in [-0.05, 0) is 43.2 Å². The molecular formula is C22H23N3O. The van der Waals surface area contributed by atoms with E-state index < -0.39 is 0 Å². The molecule has 1 aliphatic heterocycles. The number of carbonyl (C=O) groups excluding carboxylic acids is 1. The Morgan fingerprint density at radius 2 is 1.73 bits per heavy atom. The van der Waals surface area contributed by atoms with Gasteiger partial charge in [0.05, 0.1) is 18.3 Å². The molecule has 0 unspecified atom stereocenters. The van der Waals surface area contributed by atoms with Crippen LogP contribution in [0.5, 0.6) is 0 Å². The van der Waals surface area contributed by atoms with Gasteiger partial charge in [-0.25, -0.2) is 4.79 Å². The lowest BCUT2D eigenvalue weighted by Crippen LogP contribution is -2.44. The van der Waals surface area contributed by atoms with Gasteiger partial charge >= 0.3 is 6.03 Å². The fraction of sp³-hybridized carbons (Fsp3) is 0.227. The van der Waals surface area contributed by atoms with Gasteiger partial charge in [-0.3, -0.25) is 0 Å². The Balaban J connectivity index is 1.90. The predicted molar refractivity (Wildman–Crippen MR) is 103 cm³/mol. The van der Waals surface area contributed by atoms with Crippen molar-refractivity contribution < 1.29 is 4.79 Å². The highest BCUT2D eigenvalue weighted by molar-refractivity contribution is 5.76. The first kappa shape index (κ1) is 16.5. The van der Waals surface area contributed by atoms with Crippen molar-refractivity contribution in [3.63, 3.8) is 0 Å². The maximum atomic E-state index is 13.1. The molecule has 2 amide bonds. The lowest BCUT2D eigenvalue weighted by Gasteiger charge is -2.31. The van der Waals surface area contributed by atoms with Crippen LogP contribution in [0.2, 0.25) is 0 Å². The molecule has 4 heteroatoms. The number of nitrogens with one attached hydrogen (secondary N) is 1. The van der Waals surface area contributed by atoms with E-state index in [0.29, 0.717) is 6.54 Å². The van der Waals surface area contributed by atoms with E-state index in [1.807, 2.05) is 55.1 Å². The molecule has 1 atom stereocenters. The number of fused-ring (bicyclic) bond motifs is 3. The summed E-state index contributed by atoms with van der Waals surface area (Å²) in [6, 6.07) is 22.6. The molecule has 0 spiro atoms. The van der Waals surface area contributed by atoms with Crippen LogP contribution in [0, 0.1) is 0 Å². The van der Waals surface area contributed by atoms with E-state index in [1.54, 1.807) is 0 Å². The van der Waals surface area contributed by atoms with Crippen molar-refractivity contribution in [2.75, 3.05) is 0 Å². The van der Waals surface area contributed by atoms with Crippen LogP contribution in [-0.4, -0.2) is 21.5 Å². The number of nitrogens with zero attached hydrogens (tertiary/aromatic N) is 2. The normalized spacial score (nSPS) is 16.0. The number of hydrogen-bond acceptors (Lipinski definition) is 1. The van der Waals surface area contributed by atoms with Gasteiger partial charge in [0.15, 0.2) is 0 Å². The van der Waals surface area contributed by atoms with Crippen LogP contribution in [0.15, 0.2) is 72.9 Å². The topological polar surface area (TPSA) is 37.3 Å². The molecular weight excluding hydrogens is 322 g/mol. The van der Waals surface area contributed by atoms with Crippen LogP contribution in [0.25, 0.3) is 5.69 Å². The summed E-state index contributed by atoms with van der Waals surface area (Å²) in [4.78, 5) is 15.0. The third kappa shape index (κ3) is 2.88. The highest BCUT2D eigenvalue weighted by atomic mass is 16.2. The number of rotatable bonds is 2. The van der Waals surface area contributed by atoms with Gasteiger partial charge in [0.2, 0.25) is 0 Å². The number of para-hydroxylation sites is 1. The maximum Gasteiger partial charge on any atom is 0.318 e. The molecule has 2 heterocycles. The van der Waals surface area contributed by atoms with Crippen molar-refractivity contribution in [1.82, 2.24) is 14.8 Å². The molecule has 3 aromatic rings. The van der Waals surface area contributed by atoms with Gasteiger partial charge in [0.1, 0.15) is 0 Å². The maximum absolute atomic E-state index is 13.1. The summed E-state index contributed by atoms with van der Waals surface area (Å²) in [5.74, 6) is 0. The molecule has 0 saturated carbocycles. The van der Waals surface area contributed by atoms with Crippen molar-refractivity contribution >= 4 is 6.03 Å². The van der Waals surface area contributed by atoms with E-state index in [4.69, 9.17) is 0 Å². The summed E-state index contributed by atoms with van der Waals surface area (Å²) < 4.78 is 2.20. The van der Waals surface area contributed by atoms with Crippen molar-refractivity contribution in [3.8, 4) is 5.69 Å². The van der Waals surface area contributed by atoms with Crippen LogP contribution in [0.3, 0.4) is 0 Å². The lowest BCUT2D eigenvalue weighted by molar-refractivity contribution is 0.178. The number of amides is 2. The van der Waals surface area contributed by atoms with Gasteiger partial charge in [0.25, 0.3) is 0 Å². The Kier molecular flexibility index (Phi) is 4.25. The molecule has 0 fully saturated rings. The molecule has 0 radical (unpaired) electrons. The lowest BCUT2D eigenvalue weighted by atomic mass is 10.0. The van der Waals surface area contributed by atoms with Gasteiger partial charge in [-0.1, -0.05) is 48.5 Å². The Hall–Kier alpha value is -3.01. The van der Waals surface area contributed by atoms with Gasteiger partial charge in [-0.2, -0.15) is 0 Å². The van der Waals surface area contributed by atoms with E-state index in [0.717, 1.165) is 22.5 Å². The van der Waals surface area contributed by atoms with Crippen molar-refractivity contribution in [2.24, 2.45) is 0 Å². The molecule has 132 valence electrons. The number of aromatic nitrogens is 1. The Morgan fingerprint density at radius 1 is 1.00 bits per heavy atom. The van der Waals surface area contributed by atoms with E-state index in [-0.39, 0.29) is 18.1 Å². The predicted octanol–water partition coefficient (Wildman–Crippen LogP) is 4.50. The zero-order valence-electron chi connectivity index (χ0n) is 15.1. The zero-order chi connectivity index (χ0) is 18.1. The smallest absolute Gasteiger partial charge is 0.318 e. The zero-order valence-corrected chi connectivity index (χ0v) is 15.1. The SMILES string of the molecule is CC(C)NC(=O)N1Cc2ccccc2-n2cccc2[C@H]1c1ccccc1. The van der Waals surface area contributed by atoms with Gasteiger partial charge < -0.3 is 14.8 Å². The molecule has 0 bridgehead atoms. The van der Waals surface area contributed by atoms with E-state index >= 15 is 0 Å². The molecule has 0 saturated heterocycles. The van der Waals surface area contributed by atoms with E-state index in [9.17, 15) is 4.79 Å². The number of benzene rings is 2. The second-order valence-corrected chi connectivity index (χ2v) is 6.98. The van der Waals surface area contributed by atoms with E-state index in [2.05, 4.69) is 46.4 Å². The molecule has 26 heavy (non-hydrogen) atoms. The minimum absolute atomic E-state index is 0.0432. The first-order valence-corrected chi connectivity index (χ1v) is 9.03. The van der Waals surface area contributed by atoms with Crippen LogP contribution in [0.1, 0.15) is 36.7 Å². The largest absolute Gasteiger partial charge is 0.336 e. The first-order valence-electron chi connectivity index (χ1n) is 9.03. The third-order valence-corrected chi connectivity index (χ3v) is 4.75. The summed E-state index contributed by atoms with van der Waals surface area (Å²) in [6.07, 6.45) is 2.08. The molecule has 1 aliphatic rings. The third-order valence-electron chi connectivity index (χ3n) is 4.75. The average molecular weight is 345 g/mol. The Morgan fingerprint density at radius 3 is 2.50 bits per heavy atom. The highest BCUT2D eigenvalue weighted by Gasteiger charge is 2.32. The molecule has 1 N–H and O–H groups in total. The highest BCUT2D eigenvalue weighted by Crippen LogP contribution is 2.36. The summed E-state index contributed by atoms with van der Waals surface area (Å²) in [5, 5.41) is 3.07. The minimum atomic E-state index is -0.141. The fourth-order valence-electron chi connectivity index (χ4n) is 3.66. The first-order chi connectivity index (χ1) is 12.6. The van der Waals surface area contributed by atoms with Crippen LogP contribution in [0.4, 0.5) is 4.79 Å². The standard InChI is InChI=1S/C22H23N3O/c1-16(2)23-22(26)25-15-18-11-6-7-12-19(18)24-14-8-13-20(24)21(25)17-9-4-3-5-10-17/h3-14,16,21H,15H2,1-2H3,(H,23,26)/t21-/m1/s1. The second kappa shape index (κ2) is 6.71. The quantitative estimate of drug-likeness (QED) is 0.729. The second-order valence-electron chi connectivity index (χ2n) is 6.98. The average Bonchev–Trinajstić information content (AvgIpc) is 3.06. The van der Waals surface area contributed by atoms with Gasteiger partial charge in [-0.15, -0.1) is 0 Å². The summed E-state index contributed by atoms with van der Waals surface area (Å²) in [7, 11) is 0. The van der Waals surface area contributed by atoms with Crippen LogP contribution >= 0.6 is 0 Å². The molecule has 4 nitrogen and oxygen atoms in total. The molecule has 4 rings (SSSR count). The summed E-state index contributed by atoms with van der Waals surface area (Å²) >= 11 is 0. The number of urea groups is 1. The van der Waals surface area contributed by atoms with Crippen molar-refractivity contribution in [2.45, 2.75) is 32.5 Å². The van der Waals surface area contributed by atoms with Crippen molar-refractivity contribution in [1.29, 1.82) is 0 Å². The van der Waals surface area contributed by atoms with E-state index in [1.165, 1.54) is 0 Å². The monoisotopic (exact) mass is 345 g/mol. The van der Waals surface area contributed by atoms with Crippen LogP contribution < -0.4 is 5.32 Å². The Bertz CT molecular complexity index is 914.